The van der Waals surface area contributed by atoms with Crippen LogP contribution in [0.5, 0.6) is 0 Å². The number of urea groups is 1. The summed E-state index contributed by atoms with van der Waals surface area (Å²) in [5.41, 5.74) is 0.676. The minimum Gasteiger partial charge on any atom is -0.463 e. The maximum absolute atomic E-state index is 13.0. The van der Waals surface area contributed by atoms with Crippen LogP contribution >= 0.6 is 11.3 Å². The molecule has 5 rings (SSSR count). The Bertz CT molecular complexity index is 949. The molecule has 4 heterocycles. The van der Waals surface area contributed by atoms with Crippen molar-refractivity contribution < 1.29 is 18.8 Å². The highest BCUT2D eigenvalue weighted by molar-refractivity contribution is 7.10. The molecule has 0 bridgehead atoms. The van der Waals surface area contributed by atoms with Gasteiger partial charge in [0.25, 0.3) is 11.8 Å². The molecule has 3 aliphatic rings. The fourth-order valence-electron chi connectivity index (χ4n) is 3.63. The fraction of sp³-hybridized carbons (Fsp3) is 0.368. The molecule has 1 unspecified atom stereocenters. The lowest BCUT2D eigenvalue weighted by atomic mass is 10.1. The molecule has 28 heavy (non-hydrogen) atoms. The number of carbonyl (C=O) groups excluding carboxylic acids is 3. The minimum atomic E-state index is -0.376. The monoisotopic (exact) mass is 398 g/mol. The second kappa shape index (κ2) is 6.59. The van der Waals surface area contributed by atoms with E-state index in [1.165, 1.54) is 5.01 Å². The molecule has 2 fully saturated rings. The van der Waals surface area contributed by atoms with Gasteiger partial charge in [-0.3, -0.25) is 14.5 Å². The summed E-state index contributed by atoms with van der Waals surface area (Å²) < 4.78 is 5.44. The zero-order valence-corrected chi connectivity index (χ0v) is 15.8. The first kappa shape index (κ1) is 17.2. The van der Waals surface area contributed by atoms with E-state index in [9.17, 15) is 14.4 Å². The zero-order chi connectivity index (χ0) is 19.3. The van der Waals surface area contributed by atoms with Crippen LogP contribution in [0.15, 0.2) is 45.4 Å². The van der Waals surface area contributed by atoms with Crippen LogP contribution in [0.4, 0.5) is 4.79 Å². The van der Waals surface area contributed by atoms with Crippen molar-refractivity contribution in [2.24, 2.45) is 5.10 Å². The maximum Gasteiger partial charge on any atom is 0.327 e. The van der Waals surface area contributed by atoms with Gasteiger partial charge in [0.2, 0.25) is 0 Å². The number of imide groups is 1. The summed E-state index contributed by atoms with van der Waals surface area (Å²) in [4.78, 5) is 41.4. The molecule has 0 radical (unpaired) electrons. The molecule has 1 aliphatic carbocycles. The van der Waals surface area contributed by atoms with E-state index in [2.05, 4.69) is 5.10 Å². The average molecular weight is 398 g/mol. The molecule has 0 aromatic carbocycles. The Kier molecular flexibility index (Phi) is 4.04. The largest absolute Gasteiger partial charge is 0.463 e. The number of hydrogen-bond donors (Lipinski definition) is 0. The third-order valence-electron chi connectivity index (χ3n) is 5.21. The molecule has 2 aliphatic heterocycles. The van der Waals surface area contributed by atoms with Crippen LogP contribution in [0.2, 0.25) is 0 Å². The van der Waals surface area contributed by atoms with E-state index in [1.54, 1.807) is 34.6 Å². The summed E-state index contributed by atoms with van der Waals surface area (Å²) in [5.74, 6) is -0.0863. The zero-order valence-electron chi connectivity index (χ0n) is 15.0. The number of rotatable bonds is 5. The lowest BCUT2D eigenvalue weighted by Gasteiger charge is -2.23. The van der Waals surface area contributed by atoms with Crippen LogP contribution in [0.1, 0.15) is 35.9 Å². The van der Waals surface area contributed by atoms with Gasteiger partial charge in [-0.15, -0.1) is 11.3 Å². The molecule has 0 N–H and O–H groups in total. The molecule has 144 valence electrons. The molecular weight excluding hydrogens is 380 g/mol. The van der Waals surface area contributed by atoms with Crippen molar-refractivity contribution in [1.82, 2.24) is 14.8 Å². The van der Waals surface area contributed by atoms with Gasteiger partial charge in [0.05, 0.1) is 12.3 Å². The topological polar surface area (TPSA) is 86.4 Å². The SMILES string of the molecule is O=C1CN(C2CC2)C(=O)N1CC(=O)N1N=C(c2ccco2)CC1c1cccs1. The minimum absolute atomic E-state index is 0.0616. The summed E-state index contributed by atoms with van der Waals surface area (Å²) in [6, 6.07) is 6.97. The molecule has 1 saturated heterocycles. The fourth-order valence-corrected chi connectivity index (χ4v) is 4.44. The van der Waals surface area contributed by atoms with E-state index < -0.39 is 0 Å². The third-order valence-corrected chi connectivity index (χ3v) is 6.18. The average Bonchev–Trinajstić information content (AvgIpc) is 3.13. The van der Waals surface area contributed by atoms with E-state index in [1.807, 2.05) is 17.5 Å². The highest BCUT2D eigenvalue weighted by atomic mass is 32.1. The van der Waals surface area contributed by atoms with Crippen molar-refractivity contribution in [2.45, 2.75) is 31.3 Å². The molecule has 2 aromatic heterocycles. The van der Waals surface area contributed by atoms with E-state index in [-0.39, 0.29) is 43.0 Å². The molecule has 1 saturated carbocycles. The number of carbonyl (C=O) groups is 3. The van der Waals surface area contributed by atoms with Crippen molar-refractivity contribution in [3.63, 3.8) is 0 Å². The number of hydrazone groups is 1. The van der Waals surface area contributed by atoms with Gasteiger partial charge < -0.3 is 9.32 Å². The summed E-state index contributed by atoms with van der Waals surface area (Å²) >= 11 is 1.54. The molecule has 8 nitrogen and oxygen atoms in total. The van der Waals surface area contributed by atoms with Crippen molar-refractivity contribution in [3.8, 4) is 0 Å². The second-order valence-corrected chi connectivity index (χ2v) is 8.10. The van der Waals surface area contributed by atoms with Crippen LogP contribution in [-0.4, -0.2) is 57.5 Å². The van der Waals surface area contributed by atoms with Crippen LogP contribution in [0, 0.1) is 0 Å². The van der Waals surface area contributed by atoms with Crippen molar-refractivity contribution in [3.05, 3.63) is 46.5 Å². The molecule has 2 aromatic rings. The van der Waals surface area contributed by atoms with Gasteiger partial charge in [0, 0.05) is 17.3 Å². The van der Waals surface area contributed by atoms with E-state index in [0.29, 0.717) is 17.9 Å². The first-order chi connectivity index (χ1) is 13.6. The first-order valence-corrected chi connectivity index (χ1v) is 10.1. The van der Waals surface area contributed by atoms with Crippen LogP contribution in [0.25, 0.3) is 0 Å². The summed E-state index contributed by atoms with van der Waals surface area (Å²) in [6.07, 6.45) is 3.93. The summed E-state index contributed by atoms with van der Waals surface area (Å²) in [6.45, 7) is -0.232. The van der Waals surface area contributed by atoms with Gasteiger partial charge >= 0.3 is 6.03 Å². The van der Waals surface area contributed by atoms with Crippen LogP contribution < -0.4 is 0 Å². The molecule has 9 heteroatoms. The van der Waals surface area contributed by atoms with Crippen molar-refractivity contribution in [1.29, 1.82) is 0 Å². The first-order valence-electron chi connectivity index (χ1n) is 9.19. The quantitative estimate of drug-likeness (QED) is 0.724. The Labute approximate surface area is 165 Å². The Hall–Kier alpha value is -2.94. The number of thiophene rings is 1. The van der Waals surface area contributed by atoms with Gasteiger partial charge in [-0.05, 0) is 36.4 Å². The highest BCUT2D eigenvalue weighted by Gasteiger charge is 2.45. The normalized spacial score (nSPS) is 22.4. The van der Waals surface area contributed by atoms with Crippen LogP contribution in [-0.2, 0) is 9.59 Å². The lowest BCUT2D eigenvalue weighted by Crippen LogP contribution is -2.42. The van der Waals surface area contributed by atoms with Crippen molar-refractivity contribution in [2.75, 3.05) is 13.1 Å². The number of nitrogens with zero attached hydrogens (tertiary/aromatic N) is 4. The molecule has 4 amide bonds. The predicted octanol–water partition coefficient (Wildman–Crippen LogP) is 2.45. The Balaban J connectivity index is 1.38. The highest BCUT2D eigenvalue weighted by Crippen LogP contribution is 2.36. The predicted molar refractivity (Wildman–Crippen MR) is 101 cm³/mol. The molecule has 1 atom stereocenters. The standard InChI is InChI=1S/C19H18N4O4S/c24-17-10-21(12-5-6-12)19(26)22(17)11-18(25)23-14(16-4-2-8-28-16)9-13(20-23)15-3-1-7-27-15/h1-4,7-8,12,14H,5-6,9-11H2. The van der Waals surface area contributed by atoms with Gasteiger partial charge in [-0.25, -0.2) is 9.80 Å². The van der Waals surface area contributed by atoms with Gasteiger partial charge in [-0.1, -0.05) is 6.07 Å². The van der Waals surface area contributed by atoms with Gasteiger partial charge in [-0.2, -0.15) is 5.10 Å². The number of furan rings is 1. The van der Waals surface area contributed by atoms with Gasteiger partial charge in [0.15, 0.2) is 0 Å². The summed E-state index contributed by atoms with van der Waals surface area (Å²) in [5, 5.41) is 7.82. The molecule has 0 spiro atoms. The van der Waals surface area contributed by atoms with E-state index in [0.717, 1.165) is 22.6 Å². The number of amides is 4. The van der Waals surface area contributed by atoms with E-state index >= 15 is 0 Å². The Morgan fingerprint density at radius 1 is 1.25 bits per heavy atom. The van der Waals surface area contributed by atoms with Crippen molar-refractivity contribution >= 4 is 34.9 Å². The van der Waals surface area contributed by atoms with E-state index in [4.69, 9.17) is 4.42 Å². The smallest absolute Gasteiger partial charge is 0.327 e. The van der Waals surface area contributed by atoms with Gasteiger partial charge in [0.1, 0.15) is 24.6 Å². The third kappa shape index (κ3) is 2.91. The maximum atomic E-state index is 13.0. The Morgan fingerprint density at radius 2 is 2.11 bits per heavy atom. The number of hydrogen-bond acceptors (Lipinski definition) is 6. The summed E-state index contributed by atoms with van der Waals surface area (Å²) in [7, 11) is 0. The Morgan fingerprint density at radius 3 is 2.79 bits per heavy atom. The lowest BCUT2D eigenvalue weighted by molar-refractivity contribution is -0.137. The van der Waals surface area contributed by atoms with Crippen LogP contribution in [0.3, 0.4) is 0 Å². The second-order valence-electron chi connectivity index (χ2n) is 7.12. The molecular formula is C19H18N4O4S.